The van der Waals surface area contributed by atoms with Crippen molar-refractivity contribution in [3.63, 3.8) is 0 Å². The number of halogens is 1. The van der Waals surface area contributed by atoms with Crippen molar-refractivity contribution in [3.8, 4) is 5.75 Å². The third kappa shape index (κ3) is 7.32. The molecular formula is C26H29FN3O9P. The number of para-hydroxylation sites is 1. The van der Waals surface area contributed by atoms with Crippen molar-refractivity contribution in [2.45, 2.75) is 50.8 Å². The zero-order valence-electron chi connectivity index (χ0n) is 21.7. The number of esters is 1. The molecular weight excluding hydrogens is 548 g/mol. The minimum Gasteiger partial charge on any atom is -0.459 e. The molecule has 0 amide bonds. The molecule has 1 saturated heterocycles. The number of H-pyrrole nitrogens is 1. The maximum atomic E-state index is 13.9. The average molecular weight is 578 g/mol. The van der Waals surface area contributed by atoms with E-state index in [4.69, 9.17) is 18.5 Å². The average Bonchev–Trinajstić information content (AvgIpc) is 3.29. The zero-order chi connectivity index (χ0) is 28.9. The number of carbonyl (C=O) groups is 1. The molecule has 2 heterocycles. The Kier molecular flexibility index (Phi) is 9.02. The van der Waals surface area contributed by atoms with Gasteiger partial charge in [0.25, 0.3) is 5.56 Å². The van der Waals surface area contributed by atoms with E-state index in [1.54, 1.807) is 42.5 Å². The molecule has 4 atom stereocenters. The lowest BCUT2D eigenvalue weighted by atomic mass is 10.1. The predicted octanol–water partition coefficient (Wildman–Crippen LogP) is 2.64. The molecule has 0 saturated carbocycles. The number of hydrogen-bond donors (Lipinski definition) is 3. The van der Waals surface area contributed by atoms with Crippen molar-refractivity contribution in [2.75, 3.05) is 6.61 Å². The van der Waals surface area contributed by atoms with Gasteiger partial charge in [-0.2, -0.15) is 9.48 Å². The number of aromatic amines is 1. The van der Waals surface area contributed by atoms with E-state index in [-0.39, 0.29) is 18.8 Å². The van der Waals surface area contributed by atoms with E-state index in [2.05, 4.69) is 5.09 Å². The second kappa shape index (κ2) is 12.3. The van der Waals surface area contributed by atoms with Crippen LogP contribution in [0.3, 0.4) is 0 Å². The molecule has 1 aliphatic heterocycles. The number of nitrogens with one attached hydrogen (secondary N) is 2. The SMILES string of the molecule is CC(C)(NP(=O)(OC[C@H]1O[C@@H](n2cc(F)c(=O)[nH]c2=O)C[C@H]1O)Oc1ccccc1)C(=O)OCc1ccccc1. The highest BCUT2D eigenvalue weighted by molar-refractivity contribution is 7.52. The van der Waals surface area contributed by atoms with Crippen molar-refractivity contribution < 1.29 is 37.4 Å². The quantitative estimate of drug-likeness (QED) is 0.229. The molecule has 40 heavy (non-hydrogen) atoms. The highest BCUT2D eigenvalue weighted by atomic mass is 31.2. The zero-order valence-corrected chi connectivity index (χ0v) is 22.6. The van der Waals surface area contributed by atoms with Crippen LogP contribution in [0.15, 0.2) is 76.4 Å². The Bertz CT molecular complexity index is 1480. The third-order valence-electron chi connectivity index (χ3n) is 5.96. The van der Waals surface area contributed by atoms with E-state index >= 15 is 0 Å². The number of rotatable bonds is 11. The lowest BCUT2D eigenvalue weighted by Crippen LogP contribution is -2.47. The van der Waals surface area contributed by atoms with Crippen LogP contribution in [-0.4, -0.2) is 45.0 Å². The summed E-state index contributed by atoms with van der Waals surface area (Å²) in [6, 6.07) is 17.1. The Balaban J connectivity index is 1.47. The van der Waals surface area contributed by atoms with Crippen molar-refractivity contribution >= 4 is 13.7 Å². The van der Waals surface area contributed by atoms with Gasteiger partial charge in [-0.1, -0.05) is 48.5 Å². The van der Waals surface area contributed by atoms with E-state index in [1.165, 1.54) is 26.0 Å². The minimum absolute atomic E-state index is 0.0102. The predicted molar refractivity (Wildman–Crippen MR) is 140 cm³/mol. The van der Waals surface area contributed by atoms with E-state index in [0.29, 0.717) is 6.20 Å². The van der Waals surface area contributed by atoms with Gasteiger partial charge in [-0.25, -0.2) is 9.36 Å². The number of hydrogen-bond acceptors (Lipinski definition) is 9. The molecule has 1 aromatic heterocycles. The summed E-state index contributed by atoms with van der Waals surface area (Å²) in [7, 11) is -4.32. The third-order valence-corrected chi connectivity index (χ3v) is 7.73. The number of aliphatic hydroxyl groups excluding tert-OH is 1. The Labute approximate surface area is 228 Å². The van der Waals surface area contributed by atoms with E-state index in [0.717, 1.165) is 10.1 Å². The maximum Gasteiger partial charge on any atom is 0.459 e. The molecule has 1 fully saturated rings. The summed E-state index contributed by atoms with van der Waals surface area (Å²) >= 11 is 0. The highest BCUT2D eigenvalue weighted by Gasteiger charge is 2.43. The van der Waals surface area contributed by atoms with Gasteiger partial charge in [-0.15, -0.1) is 0 Å². The maximum absolute atomic E-state index is 13.9. The number of aromatic nitrogens is 2. The monoisotopic (exact) mass is 577 g/mol. The summed E-state index contributed by atoms with van der Waals surface area (Å²) in [5, 5.41) is 13.1. The first-order chi connectivity index (χ1) is 19.0. The lowest BCUT2D eigenvalue weighted by molar-refractivity contribution is -0.151. The molecule has 0 radical (unpaired) electrons. The van der Waals surface area contributed by atoms with Gasteiger partial charge in [0.05, 0.1) is 18.9 Å². The number of aliphatic hydroxyl groups is 1. The Hall–Kier alpha value is -3.61. The Morgan fingerprint density at radius 1 is 1.18 bits per heavy atom. The number of carbonyl (C=O) groups excluding carboxylic acids is 1. The van der Waals surface area contributed by atoms with Crippen LogP contribution in [0.25, 0.3) is 0 Å². The van der Waals surface area contributed by atoms with Crippen molar-refractivity contribution in [2.24, 2.45) is 0 Å². The molecule has 4 rings (SSSR count). The minimum atomic E-state index is -4.32. The summed E-state index contributed by atoms with van der Waals surface area (Å²) < 4.78 is 50.7. The largest absolute Gasteiger partial charge is 0.459 e. The van der Waals surface area contributed by atoms with Crippen LogP contribution in [0, 0.1) is 5.82 Å². The highest BCUT2D eigenvalue weighted by Crippen LogP contribution is 2.47. The molecule has 214 valence electrons. The van der Waals surface area contributed by atoms with Gasteiger partial charge in [0.2, 0.25) is 5.82 Å². The van der Waals surface area contributed by atoms with Crippen LogP contribution in [0.2, 0.25) is 0 Å². The van der Waals surface area contributed by atoms with Gasteiger partial charge in [-0.05, 0) is 31.5 Å². The van der Waals surface area contributed by atoms with Gasteiger partial charge in [0, 0.05) is 6.42 Å². The van der Waals surface area contributed by atoms with Crippen LogP contribution < -0.4 is 20.9 Å². The van der Waals surface area contributed by atoms with E-state index < -0.39 is 61.4 Å². The molecule has 12 nitrogen and oxygen atoms in total. The standard InChI is InChI=1S/C26H29FN3O9P/c1-26(2,24(33)36-15-17-9-5-3-6-10-17)29-40(35,39-18-11-7-4-8-12-18)37-16-21-20(31)13-22(38-21)30-14-19(27)23(32)28-25(30)34/h3-12,14,20-22,31H,13,15-16H2,1-2H3,(H,29,35)(H,28,32,34)/t20-,21-,22-,40?/m1/s1. The smallest absolute Gasteiger partial charge is 0.459 e. The Morgan fingerprint density at radius 2 is 1.82 bits per heavy atom. The van der Waals surface area contributed by atoms with Crippen LogP contribution in [0.4, 0.5) is 4.39 Å². The second-order valence-corrected chi connectivity index (χ2v) is 11.2. The van der Waals surface area contributed by atoms with E-state index in [9.17, 15) is 28.4 Å². The van der Waals surface area contributed by atoms with Gasteiger partial charge in [0.15, 0.2) is 0 Å². The molecule has 14 heteroatoms. The van der Waals surface area contributed by atoms with Crippen LogP contribution in [0.5, 0.6) is 5.75 Å². The first-order valence-corrected chi connectivity index (χ1v) is 13.8. The lowest BCUT2D eigenvalue weighted by Gasteiger charge is -2.30. The summed E-state index contributed by atoms with van der Waals surface area (Å²) in [6.07, 6.45) is -2.92. The summed E-state index contributed by atoms with van der Waals surface area (Å²) in [5.74, 6) is -1.76. The normalized spacial score (nSPS) is 20.6. The van der Waals surface area contributed by atoms with Crippen molar-refractivity contribution in [1.29, 1.82) is 0 Å². The molecule has 3 N–H and O–H groups in total. The summed E-state index contributed by atoms with van der Waals surface area (Å²) in [4.78, 5) is 38.2. The molecule has 1 aliphatic rings. The van der Waals surface area contributed by atoms with Crippen LogP contribution >= 0.6 is 7.75 Å². The van der Waals surface area contributed by atoms with Crippen molar-refractivity contribution in [1.82, 2.24) is 14.6 Å². The van der Waals surface area contributed by atoms with Gasteiger partial charge >= 0.3 is 19.4 Å². The molecule has 3 aromatic rings. The summed E-state index contributed by atoms with van der Waals surface area (Å²) in [6.45, 7) is 2.38. The molecule has 1 unspecified atom stereocenters. The second-order valence-electron chi connectivity index (χ2n) is 9.57. The van der Waals surface area contributed by atoms with Gasteiger partial charge in [-0.3, -0.25) is 23.7 Å². The number of benzene rings is 2. The molecule has 0 spiro atoms. The van der Waals surface area contributed by atoms with Gasteiger partial charge in [0.1, 0.15) is 30.2 Å². The molecule has 0 aliphatic carbocycles. The molecule has 0 bridgehead atoms. The van der Waals surface area contributed by atoms with E-state index in [1.807, 2.05) is 11.1 Å². The number of ether oxygens (including phenoxy) is 2. The van der Waals surface area contributed by atoms with Gasteiger partial charge < -0.3 is 19.1 Å². The van der Waals surface area contributed by atoms with Crippen LogP contribution in [-0.2, 0) is 30.0 Å². The van der Waals surface area contributed by atoms with Crippen molar-refractivity contribution in [3.05, 3.63) is 99.1 Å². The fraction of sp³-hybridized carbons (Fsp3) is 0.346. The Morgan fingerprint density at radius 3 is 2.50 bits per heavy atom. The fourth-order valence-corrected chi connectivity index (χ4v) is 5.56. The number of nitrogens with zero attached hydrogens (tertiary/aromatic N) is 1. The summed E-state index contributed by atoms with van der Waals surface area (Å²) in [5.41, 5.74) is -2.90. The van der Waals surface area contributed by atoms with Crippen LogP contribution in [0.1, 0.15) is 32.1 Å². The topological polar surface area (TPSA) is 158 Å². The first-order valence-electron chi connectivity index (χ1n) is 12.3. The fourth-order valence-electron chi connectivity index (χ4n) is 3.88. The first kappa shape index (κ1) is 29.4. The molecule has 2 aromatic carbocycles.